The second kappa shape index (κ2) is 8.12. The molecule has 0 aliphatic carbocycles. The van der Waals surface area contributed by atoms with E-state index in [2.05, 4.69) is 15.2 Å². The van der Waals surface area contributed by atoms with E-state index >= 15 is 0 Å². The quantitative estimate of drug-likeness (QED) is 0.394. The number of pyridine rings is 1. The SMILES string of the molecule is FC(F)Sc1nnc(COc2ccc(Cl)c3cccnc23)n1-c1ccccc1. The number of alkyl halides is 2. The Balaban J connectivity index is 1.68. The van der Waals surface area contributed by atoms with E-state index in [-0.39, 0.29) is 11.8 Å². The molecule has 4 aromatic rings. The molecule has 28 heavy (non-hydrogen) atoms. The van der Waals surface area contributed by atoms with Gasteiger partial charge in [0.15, 0.2) is 5.82 Å². The highest BCUT2D eigenvalue weighted by molar-refractivity contribution is 7.99. The molecule has 0 radical (unpaired) electrons. The van der Waals surface area contributed by atoms with Gasteiger partial charge in [-0.1, -0.05) is 29.8 Å². The molecule has 0 fully saturated rings. The van der Waals surface area contributed by atoms with Crippen molar-refractivity contribution in [3.63, 3.8) is 0 Å². The van der Waals surface area contributed by atoms with E-state index in [0.29, 0.717) is 39.6 Å². The number of nitrogens with zero attached hydrogens (tertiary/aromatic N) is 4. The normalized spacial score (nSPS) is 11.3. The number of aromatic nitrogens is 4. The van der Waals surface area contributed by atoms with Crippen molar-refractivity contribution in [2.75, 3.05) is 0 Å². The summed E-state index contributed by atoms with van der Waals surface area (Å²) in [7, 11) is 0. The molecule has 5 nitrogen and oxygen atoms in total. The van der Waals surface area contributed by atoms with Gasteiger partial charge in [-0.15, -0.1) is 10.2 Å². The first-order valence-electron chi connectivity index (χ1n) is 8.24. The van der Waals surface area contributed by atoms with Crippen molar-refractivity contribution in [2.45, 2.75) is 17.5 Å². The molecule has 9 heteroatoms. The van der Waals surface area contributed by atoms with Gasteiger partial charge in [-0.05, 0) is 48.2 Å². The molecule has 2 aromatic heterocycles. The highest BCUT2D eigenvalue weighted by atomic mass is 35.5. The number of thioether (sulfide) groups is 1. The van der Waals surface area contributed by atoms with Gasteiger partial charge in [0.2, 0.25) is 5.16 Å². The lowest BCUT2D eigenvalue weighted by molar-refractivity contribution is 0.251. The van der Waals surface area contributed by atoms with Crippen LogP contribution in [0.5, 0.6) is 5.75 Å². The standard InChI is InChI=1S/C19H13ClF2N4OS/c20-14-8-9-15(17-13(14)7-4-10-23-17)27-11-16-24-25-19(28-18(21)22)26(16)12-5-2-1-3-6-12/h1-10,18H,11H2. The van der Waals surface area contributed by atoms with Gasteiger partial charge in [-0.2, -0.15) is 8.78 Å². The van der Waals surface area contributed by atoms with Crippen molar-refractivity contribution in [3.05, 3.63) is 71.6 Å². The maximum Gasteiger partial charge on any atom is 0.291 e. The topological polar surface area (TPSA) is 52.8 Å². The van der Waals surface area contributed by atoms with Crippen LogP contribution in [0.15, 0.2) is 66.0 Å². The first-order chi connectivity index (χ1) is 13.6. The zero-order chi connectivity index (χ0) is 19.5. The zero-order valence-electron chi connectivity index (χ0n) is 14.3. The summed E-state index contributed by atoms with van der Waals surface area (Å²) in [6.45, 7) is 0.0268. The number of fused-ring (bicyclic) bond motifs is 1. The van der Waals surface area contributed by atoms with Crippen molar-refractivity contribution in [2.24, 2.45) is 0 Å². The molecule has 2 aromatic carbocycles. The monoisotopic (exact) mass is 418 g/mol. The highest BCUT2D eigenvalue weighted by Gasteiger charge is 2.19. The van der Waals surface area contributed by atoms with Crippen LogP contribution in [0.1, 0.15) is 5.82 Å². The van der Waals surface area contributed by atoms with Crippen molar-refractivity contribution < 1.29 is 13.5 Å². The Morgan fingerprint density at radius 1 is 1.04 bits per heavy atom. The Hall–Kier alpha value is -2.71. The fourth-order valence-corrected chi connectivity index (χ4v) is 3.54. The largest absolute Gasteiger partial charge is 0.483 e. The molecule has 142 valence electrons. The molecule has 0 saturated carbocycles. The Labute approximate surface area is 168 Å². The average Bonchev–Trinajstić information content (AvgIpc) is 3.10. The van der Waals surface area contributed by atoms with Crippen molar-refractivity contribution >= 4 is 34.3 Å². The molecular weight excluding hydrogens is 406 g/mol. The van der Waals surface area contributed by atoms with Crippen LogP contribution in [0.4, 0.5) is 8.78 Å². The van der Waals surface area contributed by atoms with E-state index in [1.807, 2.05) is 24.3 Å². The van der Waals surface area contributed by atoms with E-state index in [1.54, 1.807) is 41.1 Å². The average molecular weight is 419 g/mol. The van der Waals surface area contributed by atoms with Gasteiger partial charge >= 0.3 is 0 Å². The van der Waals surface area contributed by atoms with Gasteiger partial charge in [0, 0.05) is 17.3 Å². The summed E-state index contributed by atoms with van der Waals surface area (Å²) in [6.07, 6.45) is 1.65. The number of para-hydroxylation sites is 1. The molecule has 0 spiro atoms. The summed E-state index contributed by atoms with van der Waals surface area (Å²) in [5.74, 6) is -1.69. The first-order valence-corrected chi connectivity index (χ1v) is 9.50. The predicted molar refractivity (Wildman–Crippen MR) is 104 cm³/mol. The second-order valence-corrected chi connectivity index (χ2v) is 7.05. The fourth-order valence-electron chi connectivity index (χ4n) is 2.76. The Bertz CT molecular complexity index is 1110. The Morgan fingerprint density at radius 3 is 2.64 bits per heavy atom. The summed E-state index contributed by atoms with van der Waals surface area (Å²) in [5.41, 5.74) is 1.29. The molecule has 0 aliphatic heterocycles. The van der Waals surface area contributed by atoms with Gasteiger partial charge in [0.05, 0.1) is 5.02 Å². The van der Waals surface area contributed by atoms with Crippen molar-refractivity contribution in [1.82, 2.24) is 19.7 Å². The van der Waals surface area contributed by atoms with Gasteiger partial charge in [-0.25, -0.2) is 0 Å². The number of hydrogen-bond donors (Lipinski definition) is 0. The lowest BCUT2D eigenvalue weighted by atomic mass is 10.2. The molecular formula is C19H13ClF2N4OS. The first kappa shape index (κ1) is 18.6. The summed E-state index contributed by atoms with van der Waals surface area (Å²) >= 11 is 6.54. The molecule has 0 saturated heterocycles. The van der Waals surface area contributed by atoms with Crippen LogP contribution in [0.2, 0.25) is 5.02 Å². The third-order valence-electron chi connectivity index (χ3n) is 3.95. The Morgan fingerprint density at radius 2 is 1.86 bits per heavy atom. The maximum atomic E-state index is 12.9. The van der Waals surface area contributed by atoms with E-state index in [1.165, 1.54) is 0 Å². The lowest BCUT2D eigenvalue weighted by Gasteiger charge is -2.12. The van der Waals surface area contributed by atoms with Crippen LogP contribution in [0.3, 0.4) is 0 Å². The number of ether oxygens (including phenoxy) is 1. The van der Waals surface area contributed by atoms with Crippen molar-refractivity contribution in [3.8, 4) is 11.4 Å². The summed E-state index contributed by atoms with van der Waals surface area (Å²) in [5, 5.41) is 9.37. The number of rotatable bonds is 6. The van der Waals surface area contributed by atoms with Gasteiger partial charge in [0.1, 0.15) is 17.9 Å². The molecule has 0 N–H and O–H groups in total. The number of hydrogen-bond acceptors (Lipinski definition) is 5. The van der Waals surface area contributed by atoms with Gasteiger partial charge in [-0.3, -0.25) is 9.55 Å². The molecule has 2 heterocycles. The minimum Gasteiger partial charge on any atom is -0.483 e. The van der Waals surface area contributed by atoms with Crippen LogP contribution in [0, 0.1) is 0 Å². The molecule has 0 aliphatic rings. The van der Waals surface area contributed by atoms with Crippen LogP contribution in [-0.2, 0) is 6.61 Å². The minimum atomic E-state index is -2.61. The Kier molecular flexibility index (Phi) is 5.40. The molecule has 0 atom stereocenters. The van der Waals surface area contributed by atoms with Crippen LogP contribution in [0.25, 0.3) is 16.6 Å². The molecule has 0 amide bonds. The van der Waals surface area contributed by atoms with E-state index in [4.69, 9.17) is 16.3 Å². The van der Waals surface area contributed by atoms with E-state index in [9.17, 15) is 8.78 Å². The van der Waals surface area contributed by atoms with Crippen LogP contribution >= 0.6 is 23.4 Å². The van der Waals surface area contributed by atoms with E-state index < -0.39 is 5.76 Å². The number of benzene rings is 2. The van der Waals surface area contributed by atoms with Crippen LogP contribution in [-0.4, -0.2) is 25.5 Å². The highest BCUT2D eigenvalue weighted by Crippen LogP contribution is 2.31. The fraction of sp³-hybridized carbons (Fsp3) is 0.105. The maximum absolute atomic E-state index is 12.9. The van der Waals surface area contributed by atoms with Crippen LogP contribution < -0.4 is 4.74 Å². The zero-order valence-corrected chi connectivity index (χ0v) is 15.9. The van der Waals surface area contributed by atoms with E-state index in [0.717, 1.165) is 5.39 Å². The lowest BCUT2D eigenvalue weighted by Crippen LogP contribution is -2.07. The molecule has 0 unspecified atom stereocenters. The summed E-state index contributed by atoms with van der Waals surface area (Å²) < 4.78 is 33.3. The molecule has 0 bridgehead atoms. The molecule has 4 rings (SSSR count). The van der Waals surface area contributed by atoms with Gasteiger partial charge < -0.3 is 4.74 Å². The second-order valence-electron chi connectivity index (χ2n) is 5.68. The number of halogens is 3. The van der Waals surface area contributed by atoms with Gasteiger partial charge in [0.25, 0.3) is 5.76 Å². The minimum absolute atomic E-state index is 0.0268. The third kappa shape index (κ3) is 3.79. The summed E-state index contributed by atoms with van der Waals surface area (Å²) in [6, 6.07) is 16.1. The van der Waals surface area contributed by atoms with Crippen molar-refractivity contribution in [1.29, 1.82) is 0 Å². The summed E-state index contributed by atoms with van der Waals surface area (Å²) in [4.78, 5) is 4.32. The smallest absolute Gasteiger partial charge is 0.291 e. The predicted octanol–water partition coefficient (Wildman–Crippen LogP) is 5.36. The third-order valence-corrected chi connectivity index (χ3v) is 4.93.